The van der Waals surface area contributed by atoms with Gasteiger partial charge in [-0.25, -0.2) is 4.79 Å². The first-order valence-corrected chi connectivity index (χ1v) is 9.87. The van der Waals surface area contributed by atoms with Crippen molar-refractivity contribution < 1.29 is 33.4 Å². The van der Waals surface area contributed by atoms with Crippen LogP contribution in [0.15, 0.2) is 18.2 Å². The van der Waals surface area contributed by atoms with E-state index in [0.717, 1.165) is 24.2 Å². The number of methoxy groups -OCH3 is 2. The summed E-state index contributed by atoms with van der Waals surface area (Å²) in [6.45, 7) is 0.860. The average Bonchev–Trinajstić information content (AvgIpc) is 2.98. The number of hydrogen-bond acceptors (Lipinski definition) is 7. The summed E-state index contributed by atoms with van der Waals surface area (Å²) in [5.41, 5.74) is -0.710. The number of amides is 3. The maximum absolute atomic E-state index is 12.9. The van der Waals surface area contributed by atoms with E-state index in [1.54, 1.807) is 12.1 Å². The lowest BCUT2D eigenvalue weighted by atomic mass is 9.73. The highest BCUT2D eigenvalue weighted by Crippen LogP contribution is 2.38. The van der Waals surface area contributed by atoms with Crippen LogP contribution in [0.5, 0.6) is 11.5 Å². The van der Waals surface area contributed by atoms with Gasteiger partial charge in [-0.1, -0.05) is 19.8 Å². The molecule has 1 aromatic carbocycles. The molecular formula is C21H26N2O7. The third-order valence-electron chi connectivity index (χ3n) is 5.86. The van der Waals surface area contributed by atoms with E-state index in [4.69, 9.17) is 14.2 Å². The summed E-state index contributed by atoms with van der Waals surface area (Å²) in [6.07, 6.45) is 3.24. The smallest absolute Gasteiger partial charge is 0.326 e. The molecule has 3 amide bonds. The lowest BCUT2D eigenvalue weighted by Crippen LogP contribution is -2.54. The van der Waals surface area contributed by atoms with Gasteiger partial charge in [0.2, 0.25) is 5.78 Å². The molecule has 1 aromatic rings. The minimum absolute atomic E-state index is 0.00663. The predicted molar refractivity (Wildman–Crippen MR) is 105 cm³/mol. The fourth-order valence-corrected chi connectivity index (χ4v) is 4.07. The van der Waals surface area contributed by atoms with E-state index < -0.39 is 42.4 Å². The van der Waals surface area contributed by atoms with Crippen molar-refractivity contribution in [2.75, 3.05) is 27.4 Å². The minimum Gasteiger partial charge on any atom is -0.497 e. The third kappa shape index (κ3) is 3.96. The van der Waals surface area contributed by atoms with Crippen LogP contribution in [0.25, 0.3) is 0 Å². The van der Waals surface area contributed by atoms with Gasteiger partial charge in [-0.3, -0.25) is 19.3 Å². The van der Waals surface area contributed by atoms with Crippen LogP contribution >= 0.6 is 0 Å². The number of carbonyl (C=O) groups is 4. The van der Waals surface area contributed by atoms with Crippen molar-refractivity contribution in [3.63, 3.8) is 0 Å². The molecule has 1 heterocycles. The molecule has 30 heavy (non-hydrogen) atoms. The fraction of sp³-hybridized carbons (Fsp3) is 0.524. The van der Waals surface area contributed by atoms with Gasteiger partial charge in [0.15, 0.2) is 6.61 Å². The van der Waals surface area contributed by atoms with Crippen molar-refractivity contribution in [3.8, 4) is 11.5 Å². The molecule has 0 aromatic heterocycles. The lowest BCUT2D eigenvalue weighted by Gasteiger charge is -2.36. The first-order chi connectivity index (χ1) is 14.3. The summed E-state index contributed by atoms with van der Waals surface area (Å²) >= 11 is 0. The average molecular weight is 418 g/mol. The zero-order chi connectivity index (χ0) is 21.9. The number of rotatable bonds is 7. The molecule has 1 spiro atoms. The van der Waals surface area contributed by atoms with Gasteiger partial charge in [-0.2, -0.15) is 0 Å². The Labute approximate surface area is 174 Å². The summed E-state index contributed by atoms with van der Waals surface area (Å²) in [6, 6.07) is 4.05. The van der Waals surface area contributed by atoms with Crippen molar-refractivity contribution in [1.82, 2.24) is 10.2 Å². The molecule has 162 valence electrons. The highest BCUT2D eigenvalue weighted by Gasteiger charge is 2.55. The molecule has 1 saturated heterocycles. The first kappa shape index (κ1) is 21.6. The second-order valence-electron chi connectivity index (χ2n) is 7.59. The molecule has 0 unspecified atom stereocenters. The van der Waals surface area contributed by atoms with Crippen LogP contribution in [0.4, 0.5) is 4.79 Å². The van der Waals surface area contributed by atoms with Crippen molar-refractivity contribution in [2.45, 2.75) is 38.1 Å². The summed E-state index contributed by atoms with van der Waals surface area (Å²) < 4.78 is 15.3. The Morgan fingerprint density at radius 3 is 2.63 bits per heavy atom. The Morgan fingerprint density at radius 2 is 1.97 bits per heavy atom. The SMILES string of the molecule is COc1ccc(C(=O)COC(=O)CN2C(=O)N[C@@]3(CCCC[C@@H]3C)C2=O)c(OC)c1. The van der Waals surface area contributed by atoms with Gasteiger partial charge in [0.1, 0.15) is 23.6 Å². The van der Waals surface area contributed by atoms with Gasteiger partial charge in [0, 0.05) is 6.07 Å². The molecule has 1 aliphatic heterocycles. The summed E-state index contributed by atoms with van der Waals surface area (Å²) in [5.74, 6) is -0.910. The second kappa shape index (κ2) is 8.73. The maximum atomic E-state index is 12.9. The Bertz CT molecular complexity index is 869. The van der Waals surface area contributed by atoms with Crippen LogP contribution in [-0.4, -0.2) is 61.5 Å². The van der Waals surface area contributed by atoms with E-state index in [1.165, 1.54) is 20.3 Å². The number of ketones is 1. The van der Waals surface area contributed by atoms with Gasteiger partial charge in [-0.15, -0.1) is 0 Å². The van der Waals surface area contributed by atoms with E-state index in [2.05, 4.69) is 5.32 Å². The molecule has 0 radical (unpaired) electrons. The molecule has 1 N–H and O–H groups in total. The van der Waals surface area contributed by atoms with E-state index in [-0.39, 0.29) is 17.2 Å². The summed E-state index contributed by atoms with van der Waals surface area (Å²) in [5, 5.41) is 2.78. The number of nitrogens with zero attached hydrogens (tertiary/aromatic N) is 1. The Morgan fingerprint density at radius 1 is 1.20 bits per heavy atom. The molecule has 0 bridgehead atoms. The van der Waals surface area contributed by atoms with Gasteiger partial charge < -0.3 is 19.5 Å². The van der Waals surface area contributed by atoms with Crippen LogP contribution in [0.1, 0.15) is 43.0 Å². The lowest BCUT2D eigenvalue weighted by molar-refractivity contribution is -0.147. The quantitative estimate of drug-likeness (QED) is 0.409. The molecular weight excluding hydrogens is 392 g/mol. The van der Waals surface area contributed by atoms with Crippen LogP contribution in [0, 0.1) is 5.92 Å². The number of hydrogen-bond donors (Lipinski definition) is 1. The Hall–Kier alpha value is -3.10. The fourth-order valence-electron chi connectivity index (χ4n) is 4.07. The predicted octanol–water partition coefficient (Wildman–Crippen LogP) is 1.93. The van der Waals surface area contributed by atoms with Gasteiger partial charge in [0.25, 0.3) is 5.91 Å². The van der Waals surface area contributed by atoms with E-state index in [1.807, 2.05) is 6.92 Å². The molecule has 3 rings (SSSR count). The topological polar surface area (TPSA) is 111 Å². The minimum atomic E-state index is -0.943. The van der Waals surface area contributed by atoms with Crippen molar-refractivity contribution in [1.29, 1.82) is 0 Å². The number of Topliss-reactive ketones (excluding diaryl/α,β-unsaturated/α-hetero) is 1. The normalized spacial score (nSPS) is 23.3. The third-order valence-corrected chi connectivity index (χ3v) is 5.86. The molecule has 9 nitrogen and oxygen atoms in total. The van der Waals surface area contributed by atoms with Crippen LogP contribution < -0.4 is 14.8 Å². The van der Waals surface area contributed by atoms with Crippen molar-refractivity contribution in [2.24, 2.45) is 5.92 Å². The number of nitrogens with one attached hydrogen (secondary N) is 1. The second-order valence-corrected chi connectivity index (χ2v) is 7.59. The molecule has 2 aliphatic rings. The highest BCUT2D eigenvalue weighted by atomic mass is 16.5. The molecule has 9 heteroatoms. The largest absolute Gasteiger partial charge is 0.497 e. The Balaban J connectivity index is 1.60. The van der Waals surface area contributed by atoms with Crippen LogP contribution in [0.3, 0.4) is 0 Å². The van der Waals surface area contributed by atoms with Gasteiger partial charge in [0.05, 0.1) is 19.8 Å². The van der Waals surface area contributed by atoms with E-state index >= 15 is 0 Å². The molecule has 2 fully saturated rings. The Kier molecular flexibility index (Phi) is 6.28. The molecule has 1 saturated carbocycles. The summed E-state index contributed by atoms with van der Waals surface area (Å²) in [7, 11) is 2.91. The zero-order valence-corrected chi connectivity index (χ0v) is 17.4. The number of imide groups is 1. The summed E-state index contributed by atoms with van der Waals surface area (Å²) in [4.78, 5) is 50.7. The maximum Gasteiger partial charge on any atom is 0.326 e. The number of esters is 1. The number of benzene rings is 1. The first-order valence-electron chi connectivity index (χ1n) is 9.87. The standard InChI is InChI=1S/C21H26N2O7/c1-13-6-4-5-9-21(13)19(26)23(20(27)22-21)11-18(25)30-12-16(24)15-8-7-14(28-2)10-17(15)29-3/h7-8,10,13H,4-6,9,11-12H2,1-3H3,(H,22,27)/t13-,21+/m0/s1. The van der Waals surface area contributed by atoms with Crippen LogP contribution in [0.2, 0.25) is 0 Å². The molecule has 2 atom stereocenters. The number of urea groups is 1. The van der Waals surface area contributed by atoms with Crippen LogP contribution in [-0.2, 0) is 14.3 Å². The van der Waals surface area contributed by atoms with E-state index in [0.29, 0.717) is 12.2 Å². The zero-order valence-electron chi connectivity index (χ0n) is 17.4. The van der Waals surface area contributed by atoms with Crippen molar-refractivity contribution >= 4 is 23.7 Å². The number of carbonyl (C=O) groups excluding carboxylic acids is 4. The van der Waals surface area contributed by atoms with Gasteiger partial charge >= 0.3 is 12.0 Å². The highest BCUT2D eigenvalue weighted by molar-refractivity contribution is 6.09. The monoisotopic (exact) mass is 418 g/mol. The number of ether oxygens (including phenoxy) is 3. The molecule has 1 aliphatic carbocycles. The van der Waals surface area contributed by atoms with Crippen molar-refractivity contribution in [3.05, 3.63) is 23.8 Å². The van der Waals surface area contributed by atoms with E-state index in [9.17, 15) is 19.2 Å². The van der Waals surface area contributed by atoms with Gasteiger partial charge in [-0.05, 0) is 30.9 Å².